The van der Waals surface area contributed by atoms with Crippen LogP contribution in [0.2, 0.25) is 0 Å². The average Bonchev–Trinajstić information content (AvgIpc) is 2.88. The molecule has 0 unspecified atom stereocenters. The van der Waals surface area contributed by atoms with Crippen LogP contribution in [0.15, 0.2) is 72.3 Å². The third kappa shape index (κ3) is 8.40. The molecular weight excluding hydrogens is 477 g/mol. The summed E-state index contributed by atoms with van der Waals surface area (Å²) in [6.07, 6.45) is 1.43. The van der Waals surface area contributed by atoms with Crippen molar-refractivity contribution in [2.24, 2.45) is 0 Å². The zero-order valence-corrected chi connectivity index (χ0v) is 20.4. The van der Waals surface area contributed by atoms with Crippen molar-refractivity contribution in [3.63, 3.8) is 0 Å². The van der Waals surface area contributed by atoms with Crippen molar-refractivity contribution in [1.82, 2.24) is 0 Å². The Balaban J connectivity index is 1.61. The predicted octanol–water partition coefficient (Wildman–Crippen LogP) is 5.19. The molecule has 0 saturated heterocycles. The number of carbonyl (C=O) groups excluding carboxylic acids is 2. The maximum atomic E-state index is 13.1. The van der Waals surface area contributed by atoms with Gasteiger partial charge >= 0.3 is 0 Å². The molecule has 2 N–H and O–H groups in total. The Morgan fingerprint density at radius 2 is 1.54 bits per heavy atom. The highest BCUT2D eigenvalue weighted by molar-refractivity contribution is 6.09. The summed E-state index contributed by atoms with van der Waals surface area (Å²) in [5.41, 5.74) is 1.49. The van der Waals surface area contributed by atoms with Gasteiger partial charge < -0.3 is 24.8 Å². The number of nitrogens with one attached hydrogen (secondary N) is 2. The van der Waals surface area contributed by atoms with Crippen LogP contribution in [-0.2, 0) is 9.59 Å². The summed E-state index contributed by atoms with van der Waals surface area (Å²) >= 11 is 0. The highest BCUT2D eigenvalue weighted by atomic mass is 19.1. The summed E-state index contributed by atoms with van der Waals surface area (Å²) in [5, 5.41) is 14.7. The predicted molar refractivity (Wildman–Crippen MR) is 138 cm³/mol. The Bertz CT molecular complexity index is 1300. The van der Waals surface area contributed by atoms with Gasteiger partial charge in [0.15, 0.2) is 11.5 Å². The van der Waals surface area contributed by atoms with Crippen molar-refractivity contribution in [3.8, 4) is 23.3 Å². The topological polar surface area (TPSA) is 110 Å². The van der Waals surface area contributed by atoms with Gasteiger partial charge in [0, 0.05) is 18.3 Å². The van der Waals surface area contributed by atoms with E-state index in [0.717, 1.165) is 0 Å². The Hall–Kier alpha value is -4.84. The molecule has 3 rings (SSSR count). The van der Waals surface area contributed by atoms with Gasteiger partial charge in [-0.05, 0) is 79.2 Å². The number of nitrogens with zero attached hydrogens (tertiary/aromatic N) is 1. The first-order chi connectivity index (χ1) is 17.9. The molecule has 0 aliphatic rings. The van der Waals surface area contributed by atoms with Crippen molar-refractivity contribution < 1.29 is 28.2 Å². The van der Waals surface area contributed by atoms with Crippen LogP contribution >= 0.6 is 0 Å². The third-order valence-electron chi connectivity index (χ3n) is 4.83. The Morgan fingerprint density at radius 3 is 2.19 bits per heavy atom. The van der Waals surface area contributed by atoms with Gasteiger partial charge in [-0.25, -0.2) is 4.39 Å². The highest BCUT2D eigenvalue weighted by Crippen LogP contribution is 2.29. The second kappa shape index (κ2) is 13.3. The molecule has 0 atom stereocenters. The molecule has 0 aliphatic carbocycles. The molecule has 0 fully saturated rings. The first-order valence-electron chi connectivity index (χ1n) is 11.5. The smallest absolute Gasteiger partial charge is 0.266 e. The van der Waals surface area contributed by atoms with Gasteiger partial charge in [-0.1, -0.05) is 6.07 Å². The van der Waals surface area contributed by atoms with Gasteiger partial charge in [-0.3, -0.25) is 9.59 Å². The minimum atomic E-state index is -0.616. The molecule has 0 heterocycles. The van der Waals surface area contributed by atoms with Crippen LogP contribution in [0.3, 0.4) is 0 Å². The highest BCUT2D eigenvalue weighted by Gasteiger charge is 2.12. The van der Waals surface area contributed by atoms with Crippen LogP contribution in [0.4, 0.5) is 15.8 Å². The van der Waals surface area contributed by atoms with Crippen LogP contribution < -0.4 is 24.8 Å². The maximum absolute atomic E-state index is 13.1. The number of ether oxygens (including phenoxy) is 3. The third-order valence-corrected chi connectivity index (χ3v) is 4.83. The van der Waals surface area contributed by atoms with E-state index in [1.165, 1.54) is 37.3 Å². The summed E-state index contributed by atoms with van der Waals surface area (Å²) in [5.74, 6) is 0.375. The van der Waals surface area contributed by atoms with E-state index in [1.54, 1.807) is 42.5 Å². The fourth-order valence-corrected chi connectivity index (χ4v) is 3.20. The molecule has 3 aromatic carbocycles. The Morgan fingerprint density at radius 1 is 0.892 bits per heavy atom. The van der Waals surface area contributed by atoms with Crippen LogP contribution in [0.25, 0.3) is 6.08 Å². The molecule has 0 radical (unpaired) electrons. The lowest BCUT2D eigenvalue weighted by Crippen LogP contribution is -2.13. The summed E-state index contributed by atoms with van der Waals surface area (Å²) in [6, 6.07) is 19.2. The van der Waals surface area contributed by atoms with Crippen LogP contribution in [-0.4, -0.2) is 31.6 Å². The van der Waals surface area contributed by atoms with Gasteiger partial charge in [0.2, 0.25) is 5.91 Å². The van der Waals surface area contributed by atoms with Crippen molar-refractivity contribution in [1.29, 1.82) is 5.26 Å². The SMILES string of the molecule is CCOc1cc(C=C(C#N)C(=O)Nc2ccc(F)cc2)ccc1OCCOc1ccc(NC(C)=O)cc1. The van der Waals surface area contributed by atoms with E-state index in [2.05, 4.69) is 10.6 Å². The van der Waals surface area contributed by atoms with E-state index >= 15 is 0 Å². The lowest BCUT2D eigenvalue weighted by Gasteiger charge is -2.13. The first kappa shape index (κ1) is 26.8. The summed E-state index contributed by atoms with van der Waals surface area (Å²) in [6.45, 7) is 4.17. The van der Waals surface area contributed by atoms with E-state index in [-0.39, 0.29) is 24.7 Å². The molecule has 0 spiro atoms. The van der Waals surface area contributed by atoms with E-state index in [4.69, 9.17) is 14.2 Å². The Labute approximate surface area is 214 Å². The first-order valence-corrected chi connectivity index (χ1v) is 11.5. The summed E-state index contributed by atoms with van der Waals surface area (Å²) in [4.78, 5) is 23.6. The zero-order chi connectivity index (χ0) is 26.6. The van der Waals surface area contributed by atoms with Gasteiger partial charge in [0.25, 0.3) is 5.91 Å². The normalized spacial score (nSPS) is 10.7. The van der Waals surface area contributed by atoms with Crippen molar-refractivity contribution in [2.45, 2.75) is 13.8 Å². The minimum Gasteiger partial charge on any atom is -0.490 e. The molecule has 0 saturated carbocycles. The molecule has 8 nitrogen and oxygen atoms in total. The quantitative estimate of drug-likeness (QED) is 0.212. The number of hydrogen-bond acceptors (Lipinski definition) is 6. The molecule has 2 amide bonds. The number of carbonyl (C=O) groups is 2. The molecule has 9 heteroatoms. The lowest BCUT2D eigenvalue weighted by atomic mass is 10.1. The Kier molecular flexibility index (Phi) is 9.62. The van der Waals surface area contributed by atoms with Crippen molar-refractivity contribution >= 4 is 29.3 Å². The van der Waals surface area contributed by atoms with Crippen molar-refractivity contribution in [3.05, 3.63) is 83.7 Å². The van der Waals surface area contributed by atoms with E-state index in [0.29, 0.717) is 40.8 Å². The van der Waals surface area contributed by atoms with Crippen LogP contribution in [0.5, 0.6) is 17.2 Å². The monoisotopic (exact) mass is 503 g/mol. The number of nitriles is 1. The zero-order valence-electron chi connectivity index (χ0n) is 20.4. The molecule has 0 aliphatic heterocycles. The molecule has 0 aromatic heterocycles. The number of hydrogen-bond donors (Lipinski definition) is 2. The summed E-state index contributed by atoms with van der Waals surface area (Å²) < 4.78 is 30.2. The summed E-state index contributed by atoms with van der Waals surface area (Å²) in [7, 11) is 0. The van der Waals surface area contributed by atoms with Gasteiger partial charge in [-0.2, -0.15) is 5.26 Å². The molecular formula is C28H26FN3O5. The molecule has 3 aromatic rings. The number of benzene rings is 3. The van der Waals surface area contributed by atoms with E-state index in [1.807, 2.05) is 13.0 Å². The number of anilines is 2. The second-order valence-corrected chi connectivity index (χ2v) is 7.67. The number of amides is 2. The maximum Gasteiger partial charge on any atom is 0.266 e. The largest absolute Gasteiger partial charge is 0.490 e. The van der Waals surface area contributed by atoms with E-state index in [9.17, 15) is 19.2 Å². The fraction of sp³-hybridized carbons (Fsp3) is 0.179. The minimum absolute atomic E-state index is 0.127. The number of rotatable bonds is 11. The van der Waals surface area contributed by atoms with Crippen molar-refractivity contribution in [2.75, 3.05) is 30.5 Å². The standard InChI is InChI=1S/C28H26FN3O5/c1-3-35-27-17-20(16-21(18-30)28(34)32-24-7-5-22(29)6-8-24)4-13-26(27)37-15-14-36-25-11-9-23(10-12-25)31-19(2)33/h4-13,16-17H,3,14-15H2,1-2H3,(H,31,33)(H,32,34). The van der Waals surface area contributed by atoms with Gasteiger partial charge in [0.1, 0.15) is 36.4 Å². The molecule has 0 bridgehead atoms. The average molecular weight is 504 g/mol. The fourth-order valence-electron chi connectivity index (χ4n) is 3.20. The van der Waals surface area contributed by atoms with Gasteiger partial charge in [0.05, 0.1) is 6.61 Å². The van der Waals surface area contributed by atoms with E-state index < -0.39 is 11.7 Å². The number of halogens is 1. The lowest BCUT2D eigenvalue weighted by molar-refractivity contribution is -0.114. The molecule has 190 valence electrons. The molecule has 37 heavy (non-hydrogen) atoms. The second-order valence-electron chi connectivity index (χ2n) is 7.67. The van der Waals surface area contributed by atoms with Gasteiger partial charge in [-0.15, -0.1) is 0 Å². The van der Waals surface area contributed by atoms with Crippen LogP contribution in [0, 0.1) is 17.1 Å². The van der Waals surface area contributed by atoms with Crippen LogP contribution in [0.1, 0.15) is 19.4 Å².